The van der Waals surface area contributed by atoms with Crippen LogP contribution in [0.25, 0.3) is 0 Å². The van der Waals surface area contributed by atoms with E-state index in [0.29, 0.717) is 19.0 Å². The van der Waals surface area contributed by atoms with E-state index in [-0.39, 0.29) is 12.2 Å². The number of nitro groups is 1. The molecule has 8 heteroatoms. The number of hydrogen-bond donors (Lipinski definition) is 2. The van der Waals surface area contributed by atoms with Gasteiger partial charge in [0, 0.05) is 25.2 Å². The Morgan fingerprint density at radius 2 is 2.21 bits per heavy atom. The third-order valence-electron chi connectivity index (χ3n) is 3.00. The highest BCUT2D eigenvalue weighted by Gasteiger charge is 2.29. The highest BCUT2D eigenvalue weighted by Crippen LogP contribution is 2.33. The fraction of sp³-hybridized carbons (Fsp3) is 0.364. The number of β-amino-alcohol motifs (C(OH)–C–C–N with tert-alkyl or cyclic N) is 1. The Morgan fingerprint density at radius 3 is 2.68 bits per heavy atom. The van der Waals surface area contributed by atoms with Crippen LogP contribution >= 0.6 is 0 Å². The second kappa shape index (κ2) is 4.81. The van der Waals surface area contributed by atoms with Crippen molar-refractivity contribution in [2.45, 2.75) is 12.5 Å². The number of halogens is 1. The van der Waals surface area contributed by atoms with Gasteiger partial charge in [-0.05, 0) is 6.42 Å². The van der Waals surface area contributed by atoms with Crippen molar-refractivity contribution in [3.63, 3.8) is 0 Å². The maximum Gasteiger partial charge on any atom is 0.338 e. The number of benzene rings is 1. The topological polar surface area (TPSA) is 104 Å². The van der Waals surface area contributed by atoms with Crippen molar-refractivity contribution in [3.05, 3.63) is 33.6 Å². The fourth-order valence-electron chi connectivity index (χ4n) is 2.08. The van der Waals surface area contributed by atoms with Crippen molar-refractivity contribution in [1.82, 2.24) is 0 Å². The number of rotatable bonds is 3. The van der Waals surface area contributed by atoms with Crippen LogP contribution in [0.5, 0.6) is 0 Å². The van der Waals surface area contributed by atoms with E-state index in [9.17, 15) is 24.4 Å². The Balaban J connectivity index is 2.51. The van der Waals surface area contributed by atoms with E-state index in [1.54, 1.807) is 0 Å². The number of carbonyl (C=O) groups is 1. The minimum atomic E-state index is -1.56. The third kappa shape index (κ3) is 2.48. The van der Waals surface area contributed by atoms with E-state index in [4.69, 9.17) is 5.11 Å². The van der Waals surface area contributed by atoms with Gasteiger partial charge in [-0.2, -0.15) is 0 Å². The Morgan fingerprint density at radius 1 is 1.53 bits per heavy atom. The summed E-state index contributed by atoms with van der Waals surface area (Å²) in [5.74, 6) is -2.59. The first-order valence-corrected chi connectivity index (χ1v) is 5.54. The van der Waals surface area contributed by atoms with Crippen molar-refractivity contribution < 1.29 is 24.3 Å². The van der Waals surface area contributed by atoms with Crippen LogP contribution in [0.2, 0.25) is 0 Å². The Labute approximate surface area is 107 Å². The molecule has 0 bridgehead atoms. The van der Waals surface area contributed by atoms with E-state index in [1.165, 1.54) is 4.90 Å². The summed E-state index contributed by atoms with van der Waals surface area (Å²) in [5.41, 5.74) is -1.23. The minimum absolute atomic E-state index is 0.0101. The first kappa shape index (κ1) is 13.2. The largest absolute Gasteiger partial charge is 0.478 e. The second-order valence-corrected chi connectivity index (χ2v) is 4.27. The molecule has 1 aromatic rings. The smallest absolute Gasteiger partial charge is 0.338 e. The molecule has 0 aliphatic carbocycles. The quantitative estimate of drug-likeness (QED) is 0.627. The molecule has 1 unspecified atom stereocenters. The zero-order valence-corrected chi connectivity index (χ0v) is 9.74. The van der Waals surface area contributed by atoms with Crippen LogP contribution in [-0.2, 0) is 0 Å². The number of aliphatic hydroxyl groups is 1. The number of nitro benzene ring substituents is 1. The van der Waals surface area contributed by atoms with Gasteiger partial charge in [-0.25, -0.2) is 9.18 Å². The molecule has 7 nitrogen and oxygen atoms in total. The Kier molecular flexibility index (Phi) is 3.34. The Hall–Kier alpha value is -2.22. The predicted octanol–water partition coefficient (Wildman–Crippen LogP) is 1.00. The lowest BCUT2D eigenvalue weighted by atomic mass is 10.1. The van der Waals surface area contributed by atoms with Gasteiger partial charge in [0.05, 0.1) is 11.0 Å². The van der Waals surface area contributed by atoms with Gasteiger partial charge in [-0.3, -0.25) is 10.1 Å². The Bertz CT molecular complexity index is 548. The highest BCUT2D eigenvalue weighted by molar-refractivity contribution is 5.90. The zero-order valence-electron chi connectivity index (χ0n) is 9.74. The average Bonchev–Trinajstić information content (AvgIpc) is 2.74. The maximum atomic E-state index is 13.6. The number of hydrogen-bond acceptors (Lipinski definition) is 5. The molecule has 1 aromatic carbocycles. The summed E-state index contributed by atoms with van der Waals surface area (Å²) in [6.07, 6.45) is -0.193. The molecule has 1 heterocycles. The summed E-state index contributed by atoms with van der Waals surface area (Å²) < 4.78 is 13.6. The average molecular weight is 270 g/mol. The molecule has 0 aromatic heterocycles. The van der Waals surface area contributed by atoms with Crippen molar-refractivity contribution >= 4 is 17.3 Å². The number of carboxylic acids is 1. The SMILES string of the molecule is O=C(O)c1cc([N+](=O)[O-])c(N2CCC(O)C2)cc1F. The number of anilines is 1. The molecule has 0 radical (unpaired) electrons. The number of carboxylic acid groups (broad SMARTS) is 1. The van der Waals surface area contributed by atoms with Crippen LogP contribution in [0.15, 0.2) is 12.1 Å². The lowest BCUT2D eigenvalue weighted by molar-refractivity contribution is -0.384. The van der Waals surface area contributed by atoms with Gasteiger partial charge in [0.15, 0.2) is 0 Å². The summed E-state index contributed by atoms with van der Waals surface area (Å²) in [7, 11) is 0. The third-order valence-corrected chi connectivity index (χ3v) is 3.00. The first-order chi connectivity index (χ1) is 8.90. The molecule has 0 saturated carbocycles. The lowest BCUT2D eigenvalue weighted by Crippen LogP contribution is -2.22. The van der Waals surface area contributed by atoms with E-state index in [2.05, 4.69) is 0 Å². The lowest BCUT2D eigenvalue weighted by Gasteiger charge is -2.18. The summed E-state index contributed by atoms with van der Waals surface area (Å²) in [6.45, 7) is 0.514. The van der Waals surface area contributed by atoms with Crippen molar-refractivity contribution in [3.8, 4) is 0 Å². The maximum absolute atomic E-state index is 13.6. The van der Waals surface area contributed by atoms with Crippen LogP contribution in [0.1, 0.15) is 16.8 Å². The minimum Gasteiger partial charge on any atom is -0.478 e. The zero-order chi connectivity index (χ0) is 14.2. The summed E-state index contributed by atoms with van der Waals surface area (Å²) in [4.78, 5) is 22.4. The van der Waals surface area contributed by atoms with E-state index in [1.807, 2.05) is 0 Å². The van der Waals surface area contributed by atoms with Gasteiger partial charge in [-0.15, -0.1) is 0 Å². The number of aromatic carboxylic acids is 1. The fourth-order valence-corrected chi connectivity index (χ4v) is 2.08. The molecular formula is C11H11FN2O5. The molecule has 1 aliphatic rings. The van der Waals surface area contributed by atoms with Crippen LogP contribution in [-0.4, -0.2) is 40.3 Å². The number of nitrogens with zero attached hydrogens (tertiary/aromatic N) is 2. The molecular weight excluding hydrogens is 259 g/mol. The molecule has 0 spiro atoms. The van der Waals surface area contributed by atoms with Crippen molar-refractivity contribution in [1.29, 1.82) is 0 Å². The molecule has 19 heavy (non-hydrogen) atoms. The van der Waals surface area contributed by atoms with Gasteiger partial charge in [-0.1, -0.05) is 0 Å². The molecule has 1 aliphatic heterocycles. The van der Waals surface area contributed by atoms with Gasteiger partial charge < -0.3 is 15.1 Å². The van der Waals surface area contributed by atoms with Crippen LogP contribution in [0, 0.1) is 15.9 Å². The second-order valence-electron chi connectivity index (χ2n) is 4.27. The number of aliphatic hydroxyl groups excluding tert-OH is 1. The molecule has 1 saturated heterocycles. The molecule has 1 fully saturated rings. The summed E-state index contributed by atoms with van der Waals surface area (Å²) in [6, 6.07) is 1.54. The normalized spacial score (nSPS) is 18.6. The summed E-state index contributed by atoms with van der Waals surface area (Å²) in [5, 5.41) is 29.1. The monoisotopic (exact) mass is 270 g/mol. The first-order valence-electron chi connectivity index (χ1n) is 5.54. The molecule has 0 amide bonds. The summed E-state index contributed by atoms with van der Waals surface area (Å²) >= 11 is 0. The molecule has 1 atom stereocenters. The standard InChI is InChI=1S/C11H11FN2O5/c12-8-4-9(13-2-1-6(15)5-13)10(14(18)19)3-7(8)11(16)17/h3-4,6,15H,1-2,5H2,(H,16,17). The predicted molar refractivity (Wildman–Crippen MR) is 62.9 cm³/mol. The van der Waals surface area contributed by atoms with Crippen molar-refractivity contribution in [2.75, 3.05) is 18.0 Å². The van der Waals surface area contributed by atoms with Crippen LogP contribution < -0.4 is 4.90 Å². The van der Waals surface area contributed by atoms with Gasteiger partial charge >= 0.3 is 5.97 Å². The van der Waals surface area contributed by atoms with Gasteiger partial charge in [0.2, 0.25) is 0 Å². The molecule has 102 valence electrons. The highest BCUT2D eigenvalue weighted by atomic mass is 19.1. The molecule has 2 N–H and O–H groups in total. The van der Waals surface area contributed by atoms with Crippen molar-refractivity contribution in [2.24, 2.45) is 0 Å². The molecule has 2 rings (SSSR count). The van der Waals surface area contributed by atoms with Gasteiger partial charge in [0.25, 0.3) is 5.69 Å². The van der Waals surface area contributed by atoms with E-state index < -0.39 is 34.1 Å². The van der Waals surface area contributed by atoms with Gasteiger partial charge in [0.1, 0.15) is 17.1 Å². The van der Waals surface area contributed by atoms with Crippen LogP contribution in [0.3, 0.4) is 0 Å². The van der Waals surface area contributed by atoms with Crippen LogP contribution in [0.4, 0.5) is 15.8 Å². The van der Waals surface area contributed by atoms with E-state index >= 15 is 0 Å². The van der Waals surface area contributed by atoms with E-state index in [0.717, 1.165) is 6.07 Å².